The van der Waals surface area contributed by atoms with Gasteiger partial charge in [0.15, 0.2) is 11.5 Å². The van der Waals surface area contributed by atoms with Crippen molar-refractivity contribution in [2.24, 2.45) is 5.73 Å². The van der Waals surface area contributed by atoms with Crippen LogP contribution in [0.2, 0.25) is 0 Å². The van der Waals surface area contributed by atoms with E-state index >= 15 is 0 Å². The fourth-order valence-electron chi connectivity index (χ4n) is 1.88. The van der Waals surface area contributed by atoms with E-state index in [0.717, 1.165) is 11.1 Å². The Hall–Kier alpha value is -2.04. The molecule has 20 heavy (non-hydrogen) atoms. The Kier molecular flexibility index (Phi) is 4.98. The second-order valence-electron chi connectivity index (χ2n) is 4.47. The number of rotatable bonds is 6. The molecule has 0 saturated carbocycles. The summed E-state index contributed by atoms with van der Waals surface area (Å²) < 4.78 is 11.1. The van der Waals surface area contributed by atoms with Crippen molar-refractivity contribution in [3.05, 3.63) is 59.7 Å². The van der Waals surface area contributed by atoms with Gasteiger partial charge in [-0.3, -0.25) is 0 Å². The van der Waals surface area contributed by atoms with E-state index < -0.39 is 6.04 Å². The first-order valence-electron chi connectivity index (χ1n) is 6.45. The van der Waals surface area contributed by atoms with Crippen molar-refractivity contribution < 1.29 is 14.6 Å². The molecular formula is C16H19NO3. The molecule has 3 N–H and O–H groups in total. The molecule has 0 spiro atoms. The summed E-state index contributed by atoms with van der Waals surface area (Å²) in [5.74, 6) is 1.27. The minimum absolute atomic E-state index is 0.107. The predicted octanol–water partition coefficient (Wildman–Crippen LogP) is 2.27. The normalized spacial score (nSPS) is 11.9. The van der Waals surface area contributed by atoms with Crippen LogP contribution in [-0.4, -0.2) is 18.8 Å². The van der Waals surface area contributed by atoms with Crippen molar-refractivity contribution in [1.82, 2.24) is 0 Å². The molecule has 0 heterocycles. The van der Waals surface area contributed by atoms with Crippen LogP contribution in [0.1, 0.15) is 17.2 Å². The number of hydrogen-bond donors (Lipinski definition) is 2. The van der Waals surface area contributed by atoms with Crippen molar-refractivity contribution in [2.75, 3.05) is 13.7 Å². The summed E-state index contributed by atoms with van der Waals surface area (Å²) in [4.78, 5) is 0. The van der Waals surface area contributed by atoms with Crippen LogP contribution in [0.5, 0.6) is 11.5 Å². The van der Waals surface area contributed by atoms with Crippen LogP contribution in [0.25, 0.3) is 0 Å². The van der Waals surface area contributed by atoms with Crippen LogP contribution in [0.15, 0.2) is 48.5 Å². The molecule has 0 aliphatic rings. The molecule has 0 aliphatic heterocycles. The van der Waals surface area contributed by atoms with Crippen molar-refractivity contribution in [2.45, 2.75) is 12.6 Å². The maximum absolute atomic E-state index is 9.12. The minimum atomic E-state index is -0.417. The van der Waals surface area contributed by atoms with Gasteiger partial charge in [0.05, 0.1) is 19.8 Å². The summed E-state index contributed by atoms with van der Waals surface area (Å²) >= 11 is 0. The highest BCUT2D eigenvalue weighted by Gasteiger charge is 2.10. The first-order chi connectivity index (χ1) is 9.74. The number of ether oxygens (including phenoxy) is 2. The molecule has 2 aromatic rings. The Morgan fingerprint density at radius 3 is 2.50 bits per heavy atom. The molecule has 2 rings (SSSR count). The molecule has 0 unspecified atom stereocenters. The SMILES string of the molecule is COc1ccc([C@H](N)CO)cc1OCc1ccccc1. The third-order valence-corrected chi connectivity index (χ3v) is 3.05. The average Bonchev–Trinajstić information content (AvgIpc) is 2.52. The van der Waals surface area contributed by atoms with Crippen LogP contribution in [0.3, 0.4) is 0 Å². The summed E-state index contributed by atoms with van der Waals surface area (Å²) in [5, 5.41) is 9.12. The molecule has 4 heteroatoms. The maximum Gasteiger partial charge on any atom is 0.161 e. The highest BCUT2D eigenvalue weighted by molar-refractivity contribution is 5.44. The molecule has 0 aromatic heterocycles. The third kappa shape index (κ3) is 3.50. The second kappa shape index (κ2) is 6.93. The lowest BCUT2D eigenvalue weighted by atomic mass is 10.1. The van der Waals surface area contributed by atoms with Gasteiger partial charge >= 0.3 is 0 Å². The van der Waals surface area contributed by atoms with Gasteiger partial charge in [-0.15, -0.1) is 0 Å². The zero-order valence-corrected chi connectivity index (χ0v) is 11.5. The fourth-order valence-corrected chi connectivity index (χ4v) is 1.88. The molecular weight excluding hydrogens is 254 g/mol. The number of benzene rings is 2. The first kappa shape index (κ1) is 14.4. The first-order valence-corrected chi connectivity index (χ1v) is 6.45. The van der Waals surface area contributed by atoms with E-state index in [-0.39, 0.29) is 6.61 Å². The van der Waals surface area contributed by atoms with E-state index in [2.05, 4.69) is 0 Å². The monoisotopic (exact) mass is 273 g/mol. The van der Waals surface area contributed by atoms with Crippen molar-refractivity contribution in [1.29, 1.82) is 0 Å². The van der Waals surface area contributed by atoms with Crippen LogP contribution in [-0.2, 0) is 6.61 Å². The summed E-state index contributed by atoms with van der Waals surface area (Å²) in [6, 6.07) is 14.9. The van der Waals surface area contributed by atoms with Gasteiger partial charge < -0.3 is 20.3 Å². The Labute approximate surface area is 118 Å². The predicted molar refractivity (Wildman–Crippen MR) is 77.8 cm³/mol. The molecule has 0 amide bonds. The van der Waals surface area contributed by atoms with Gasteiger partial charge in [-0.25, -0.2) is 0 Å². The summed E-state index contributed by atoms with van der Waals surface area (Å²) in [7, 11) is 1.59. The molecule has 0 bridgehead atoms. The number of aliphatic hydroxyl groups excluding tert-OH is 1. The van der Waals surface area contributed by atoms with E-state index in [1.807, 2.05) is 42.5 Å². The second-order valence-corrected chi connectivity index (χ2v) is 4.47. The van der Waals surface area contributed by atoms with Gasteiger partial charge in [-0.1, -0.05) is 36.4 Å². The molecule has 0 aliphatic carbocycles. The molecule has 2 aromatic carbocycles. The van der Waals surface area contributed by atoms with Gasteiger partial charge in [0, 0.05) is 0 Å². The molecule has 0 fully saturated rings. The van der Waals surface area contributed by atoms with Gasteiger partial charge in [0.1, 0.15) is 6.61 Å². The van der Waals surface area contributed by atoms with E-state index in [1.165, 1.54) is 0 Å². The molecule has 4 nitrogen and oxygen atoms in total. The van der Waals surface area contributed by atoms with Gasteiger partial charge in [0.25, 0.3) is 0 Å². The Bertz CT molecular complexity index is 543. The maximum atomic E-state index is 9.12. The summed E-state index contributed by atoms with van der Waals surface area (Å²) in [6.45, 7) is 0.347. The highest BCUT2D eigenvalue weighted by atomic mass is 16.5. The van der Waals surface area contributed by atoms with E-state index in [1.54, 1.807) is 13.2 Å². The third-order valence-electron chi connectivity index (χ3n) is 3.05. The van der Waals surface area contributed by atoms with Crippen LogP contribution < -0.4 is 15.2 Å². The number of methoxy groups -OCH3 is 1. The molecule has 0 radical (unpaired) electrons. The molecule has 106 valence electrons. The van der Waals surface area contributed by atoms with E-state index in [4.69, 9.17) is 20.3 Å². The minimum Gasteiger partial charge on any atom is -0.493 e. The number of hydrogen-bond acceptors (Lipinski definition) is 4. The Morgan fingerprint density at radius 2 is 1.85 bits per heavy atom. The van der Waals surface area contributed by atoms with Crippen LogP contribution >= 0.6 is 0 Å². The average molecular weight is 273 g/mol. The zero-order valence-electron chi connectivity index (χ0n) is 11.5. The van der Waals surface area contributed by atoms with E-state index in [0.29, 0.717) is 18.1 Å². The highest BCUT2D eigenvalue weighted by Crippen LogP contribution is 2.30. The van der Waals surface area contributed by atoms with E-state index in [9.17, 15) is 0 Å². The van der Waals surface area contributed by atoms with Crippen molar-refractivity contribution >= 4 is 0 Å². The smallest absolute Gasteiger partial charge is 0.161 e. The number of nitrogens with two attached hydrogens (primary N) is 1. The van der Waals surface area contributed by atoms with Gasteiger partial charge in [-0.2, -0.15) is 0 Å². The molecule has 0 saturated heterocycles. The van der Waals surface area contributed by atoms with Crippen molar-refractivity contribution in [3.8, 4) is 11.5 Å². The number of aliphatic hydroxyl groups is 1. The lowest BCUT2D eigenvalue weighted by Gasteiger charge is -2.14. The van der Waals surface area contributed by atoms with Crippen molar-refractivity contribution in [3.63, 3.8) is 0 Å². The Balaban J connectivity index is 2.16. The fraction of sp³-hybridized carbons (Fsp3) is 0.250. The zero-order chi connectivity index (χ0) is 14.4. The quantitative estimate of drug-likeness (QED) is 0.847. The Morgan fingerprint density at radius 1 is 1.10 bits per heavy atom. The van der Waals surface area contributed by atoms with Crippen LogP contribution in [0.4, 0.5) is 0 Å². The largest absolute Gasteiger partial charge is 0.493 e. The standard InChI is InChI=1S/C16H19NO3/c1-19-15-8-7-13(14(17)10-18)9-16(15)20-11-12-5-3-2-4-6-12/h2-9,14,18H,10-11,17H2,1H3/t14-/m1/s1. The summed E-state index contributed by atoms with van der Waals surface area (Å²) in [6.07, 6.45) is 0. The van der Waals surface area contributed by atoms with Gasteiger partial charge in [-0.05, 0) is 23.3 Å². The molecule has 1 atom stereocenters. The summed E-state index contributed by atoms with van der Waals surface area (Å²) in [5.41, 5.74) is 7.71. The lowest BCUT2D eigenvalue weighted by molar-refractivity contribution is 0.265. The topological polar surface area (TPSA) is 64.7 Å². The van der Waals surface area contributed by atoms with Crippen LogP contribution in [0, 0.1) is 0 Å². The lowest BCUT2D eigenvalue weighted by Crippen LogP contribution is -2.14. The van der Waals surface area contributed by atoms with Gasteiger partial charge in [0.2, 0.25) is 0 Å².